The second-order valence-corrected chi connectivity index (χ2v) is 4.77. The van der Waals surface area contributed by atoms with Crippen LogP contribution in [-0.4, -0.2) is 28.1 Å². The number of nitrogens with one attached hydrogen (secondary N) is 1. The van der Waals surface area contributed by atoms with Crippen LogP contribution in [0.25, 0.3) is 0 Å². The molecule has 0 radical (unpaired) electrons. The number of hydrogen-bond donors (Lipinski definition) is 2. The zero-order chi connectivity index (χ0) is 13.8. The van der Waals surface area contributed by atoms with Gasteiger partial charge in [0.15, 0.2) is 0 Å². The maximum atomic E-state index is 12.0. The van der Waals surface area contributed by atoms with Crippen LogP contribution >= 0.6 is 11.6 Å². The number of carbonyl (C=O) groups is 1. The molecule has 1 amide bonds. The van der Waals surface area contributed by atoms with E-state index in [0.29, 0.717) is 29.3 Å². The Morgan fingerprint density at radius 3 is 2.56 bits per heavy atom. The first-order valence-corrected chi connectivity index (χ1v) is 6.43. The molecule has 5 heteroatoms. The van der Waals surface area contributed by atoms with Crippen molar-refractivity contribution in [2.75, 3.05) is 6.54 Å². The fourth-order valence-electron chi connectivity index (χ4n) is 1.61. The first-order chi connectivity index (χ1) is 8.41. The Hall–Kier alpha value is -1.13. The van der Waals surface area contributed by atoms with Gasteiger partial charge in [0.25, 0.3) is 5.91 Å². The minimum Gasteiger partial charge on any atom is -0.388 e. The molecule has 4 nitrogen and oxygen atoms in total. The summed E-state index contributed by atoms with van der Waals surface area (Å²) in [6.45, 7) is 5.75. The molecule has 1 aromatic rings. The fraction of sp³-hybridized carbons (Fsp3) is 0.538. The lowest BCUT2D eigenvalue weighted by atomic mass is 9.97. The van der Waals surface area contributed by atoms with Crippen LogP contribution in [0.15, 0.2) is 12.1 Å². The molecule has 0 saturated carbocycles. The van der Waals surface area contributed by atoms with Crippen LogP contribution in [0.2, 0.25) is 5.15 Å². The normalized spacial score (nSPS) is 11.4. The molecule has 0 bridgehead atoms. The summed E-state index contributed by atoms with van der Waals surface area (Å²) in [5.74, 6) is -0.239. The quantitative estimate of drug-likeness (QED) is 0.807. The number of hydrogen-bond acceptors (Lipinski definition) is 3. The number of aliphatic hydroxyl groups is 1. The maximum absolute atomic E-state index is 12.0. The molecule has 0 aliphatic carbocycles. The van der Waals surface area contributed by atoms with Gasteiger partial charge in [-0.3, -0.25) is 4.79 Å². The molecule has 18 heavy (non-hydrogen) atoms. The number of rotatable bonds is 5. The number of nitrogens with zero attached hydrogens (tertiary/aromatic N) is 1. The molecule has 0 fully saturated rings. The molecule has 0 unspecified atom stereocenters. The SMILES string of the molecule is CCC(O)(CC)CNC(=O)c1ccc(Cl)nc1C. The highest BCUT2D eigenvalue weighted by molar-refractivity contribution is 6.29. The van der Waals surface area contributed by atoms with Crippen LogP contribution < -0.4 is 5.32 Å². The number of carbonyl (C=O) groups excluding carboxylic acids is 1. The van der Waals surface area contributed by atoms with E-state index in [4.69, 9.17) is 11.6 Å². The first kappa shape index (κ1) is 14.9. The van der Waals surface area contributed by atoms with Crippen molar-refractivity contribution in [1.82, 2.24) is 10.3 Å². The van der Waals surface area contributed by atoms with Gasteiger partial charge in [0.05, 0.1) is 16.9 Å². The lowest BCUT2D eigenvalue weighted by Gasteiger charge is -2.25. The average molecular weight is 271 g/mol. The largest absolute Gasteiger partial charge is 0.388 e. The van der Waals surface area contributed by atoms with E-state index in [1.54, 1.807) is 19.1 Å². The zero-order valence-corrected chi connectivity index (χ0v) is 11.7. The van der Waals surface area contributed by atoms with Crippen molar-refractivity contribution in [1.29, 1.82) is 0 Å². The van der Waals surface area contributed by atoms with E-state index in [2.05, 4.69) is 10.3 Å². The van der Waals surface area contributed by atoms with E-state index in [0.717, 1.165) is 0 Å². The number of aromatic nitrogens is 1. The molecule has 1 heterocycles. The third kappa shape index (κ3) is 3.68. The van der Waals surface area contributed by atoms with E-state index in [9.17, 15) is 9.90 Å². The average Bonchev–Trinajstić information content (AvgIpc) is 2.35. The molecule has 2 N–H and O–H groups in total. The summed E-state index contributed by atoms with van der Waals surface area (Å²) in [6, 6.07) is 3.21. The summed E-state index contributed by atoms with van der Waals surface area (Å²) in [5.41, 5.74) is 0.217. The van der Waals surface area contributed by atoms with Crippen LogP contribution in [0.1, 0.15) is 42.7 Å². The molecule has 1 aromatic heterocycles. The summed E-state index contributed by atoms with van der Waals surface area (Å²) < 4.78 is 0. The van der Waals surface area contributed by atoms with E-state index < -0.39 is 5.60 Å². The van der Waals surface area contributed by atoms with Crippen molar-refractivity contribution in [3.8, 4) is 0 Å². The van der Waals surface area contributed by atoms with Crippen LogP contribution in [0.3, 0.4) is 0 Å². The number of halogens is 1. The lowest BCUT2D eigenvalue weighted by molar-refractivity contribution is 0.0314. The Bertz CT molecular complexity index is 431. The van der Waals surface area contributed by atoms with Crippen LogP contribution in [0.5, 0.6) is 0 Å². The predicted molar refractivity (Wildman–Crippen MR) is 71.8 cm³/mol. The van der Waals surface area contributed by atoms with E-state index in [-0.39, 0.29) is 12.5 Å². The molecular formula is C13H19ClN2O2. The first-order valence-electron chi connectivity index (χ1n) is 6.05. The van der Waals surface area contributed by atoms with Crippen molar-refractivity contribution in [3.63, 3.8) is 0 Å². The highest BCUT2D eigenvalue weighted by Crippen LogP contribution is 2.14. The third-order valence-electron chi connectivity index (χ3n) is 3.19. The summed E-state index contributed by atoms with van der Waals surface area (Å²) in [7, 11) is 0. The van der Waals surface area contributed by atoms with E-state index >= 15 is 0 Å². The Kier molecular flexibility index (Phi) is 5.11. The van der Waals surface area contributed by atoms with Crippen molar-refractivity contribution in [2.24, 2.45) is 0 Å². The van der Waals surface area contributed by atoms with Crippen LogP contribution in [0, 0.1) is 6.92 Å². The summed E-state index contributed by atoms with van der Waals surface area (Å²) in [6.07, 6.45) is 1.20. The lowest BCUT2D eigenvalue weighted by Crippen LogP contribution is -2.42. The van der Waals surface area contributed by atoms with Gasteiger partial charge in [-0.1, -0.05) is 25.4 Å². The fourth-order valence-corrected chi connectivity index (χ4v) is 1.80. The van der Waals surface area contributed by atoms with Gasteiger partial charge >= 0.3 is 0 Å². The van der Waals surface area contributed by atoms with Gasteiger partial charge in [0.1, 0.15) is 5.15 Å². The predicted octanol–water partition coefficient (Wildman–Crippen LogP) is 2.32. The number of amides is 1. The smallest absolute Gasteiger partial charge is 0.253 e. The maximum Gasteiger partial charge on any atom is 0.253 e. The van der Waals surface area contributed by atoms with Crippen molar-refractivity contribution >= 4 is 17.5 Å². The Morgan fingerprint density at radius 1 is 1.44 bits per heavy atom. The highest BCUT2D eigenvalue weighted by atomic mass is 35.5. The summed E-state index contributed by atoms with van der Waals surface area (Å²) >= 11 is 5.73. The molecular weight excluding hydrogens is 252 g/mol. The van der Waals surface area contributed by atoms with Crippen molar-refractivity contribution < 1.29 is 9.90 Å². The number of pyridine rings is 1. The summed E-state index contributed by atoms with van der Waals surface area (Å²) in [5, 5.41) is 13.2. The summed E-state index contributed by atoms with van der Waals surface area (Å²) in [4.78, 5) is 16.0. The third-order valence-corrected chi connectivity index (χ3v) is 3.40. The minimum atomic E-state index is -0.844. The number of aryl methyl sites for hydroxylation is 1. The van der Waals surface area contributed by atoms with Crippen molar-refractivity contribution in [3.05, 3.63) is 28.5 Å². The van der Waals surface area contributed by atoms with Gasteiger partial charge in [-0.25, -0.2) is 4.98 Å². The van der Waals surface area contributed by atoms with Gasteiger partial charge in [0, 0.05) is 6.54 Å². The second kappa shape index (κ2) is 6.16. The monoisotopic (exact) mass is 270 g/mol. The van der Waals surface area contributed by atoms with Gasteiger partial charge in [0.2, 0.25) is 0 Å². The Labute approximate surface area is 112 Å². The molecule has 0 spiro atoms. The van der Waals surface area contributed by atoms with Gasteiger partial charge in [-0.05, 0) is 31.9 Å². The minimum absolute atomic E-state index is 0.237. The zero-order valence-electron chi connectivity index (χ0n) is 11.0. The van der Waals surface area contributed by atoms with Crippen molar-refractivity contribution in [2.45, 2.75) is 39.2 Å². The van der Waals surface area contributed by atoms with Crippen LogP contribution in [0.4, 0.5) is 0 Å². The van der Waals surface area contributed by atoms with Gasteiger partial charge in [-0.2, -0.15) is 0 Å². The second-order valence-electron chi connectivity index (χ2n) is 4.38. The standard InChI is InChI=1S/C13H19ClN2O2/c1-4-13(18,5-2)8-15-12(17)10-6-7-11(14)16-9(10)3/h6-7,18H,4-5,8H2,1-3H3,(H,15,17). The molecule has 0 saturated heterocycles. The Morgan fingerprint density at radius 2 is 2.06 bits per heavy atom. The van der Waals surface area contributed by atoms with E-state index in [1.807, 2.05) is 13.8 Å². The topological polar surface area (TPSA) is 62.2 Å². The van der Waals surface area contributed by atoms with E-state index in [1.165, 1.54) is 0 Å². The van der Waals surface area contributed by atoms with Gasteiger partial charge < -0.3 is 10.4 Å². The molecule has 100 valence electrons. The Balaban J connectivity index is 2.71. The molecule has 0 aromatic carbocycles. The highest BCUT2D eigenvalue weighted by Gasteiger charge is 2.23. The van der Waals surface area contributed by atoms with Crippen LogP contribution in [-0.2, 0) is 0 Å². The molecule has 0 aliphatic rings. The van der Waals surface area contributed by atoms with Gasteiger partial charge in [-0.15, -0.1) is 0 Å². The molecule has 1 rings (SSSR count). The molecule has 0 aliphatic heterocycles. The molecule has 0 atom stereocenters.